The molecule has 6 aliphatic rings. The molecule has 5 heterocycles. The average Bonchev–Trinajstić information content (AvgIpc) is 3.89. The number of likely N-dealkylation sites (N-methyl/N-ethyl adjacent to an activating group) is 1. The zero-order chi connectivity index (χ0) is 53.4. The molecular weight excluding hydrogens is 973 g/mol. The van der Waals surface area contributed by atoms with Gasteiger partial charge in [-0.05, 0) is 177 Å². The van der Waals surface area contributed by atoms with Crippen molar-refractivity contribution in [2.45, 2.75) is 145 Å². The smallest absolute Gasteiger partial charge is 0.161 e. The van der Waals surface area contributed by atoms with Crippen LogP contribution in [0.2, 0.25) is 0 Å². The summed E-state index contributed by atoms with van der Waals surface area (Å²) in [5.74, 6) is 9.69. The van der Waals surface area contributed by atoms with E-state index in [2.05, 4.69) is 81.9 Å². The molecule has 5 aromatic carbocycles. The van der Waals surface area contributed by atoms with E-state index in [-0.39, 0.29) is 53.5 Å². The van der Waals surface area contributed by atoms with Gasteiger partial charge in [0.1, 0.15) is 30.1 Å². The molecule has 0 amide bonds. The lowest BCUT2D eigenvalue weighted by atomic mass is 9.51. The van der Waals surface area contributed by atoms with Crippen molar-refractivity contribution >= 4 is 16.6 Å². The van der Waals surface area contributed by atoms with Crippen LogP contribution in [0.3, 0.4) is 0 Å². The maximum Gasteiger partial charge on any atom is 0.161 e. The minimum absolute atomic E-state index is 0.0441. The summed E-state index contributed by atoms with van der Waals surface area (Å²) in [6.45, 7) is 1.73. The molecule has 1 aromatic heterocycles. The highest BCUT2D eigenvalue weighted by atomic mass is 16.5. The first kappa shape index (κ1) is 52.2. The van der Waals surface area contributed by atoms with Gasteiger partial charge in [0.15, 0.2) is 11.5 Å². The fourth-order valence-corrected chi connectivity index (χ4v) is 14.6. The third-order valence-electron chi connectivity index (χ3n) is 18.5. The van der Waals surface area contributed by atoms with Gasteiger partial charge in [-0.2, -0.15) is 0 Å². The number of fused-ring (bicyclic) bond motifs is 10. The number of nitrogens with one attached hydrogen (secondary N) is 2. The van der Waals surface area contributed by atoms with E-state index < -0.39 is 12.3 Å². The second kappa shape index (κ2) is 22.3. The SMILES string of the molecule is CNCC1=C2C#CC(CCc3ccc(O)c(Cc4cccc(O)c4)c3)CCCC3CC(O)CCc4ccc(O)c(c4)OCc4cc(C56CCOC7(CCCCC7)C5CCc5ccccc56)cc5cn(cc45)C(=C2CO3)NC1N. The summed E-state index contributed by atoms with van der Waals surface area (Å²) in [6.07, 6.45) is 18.0. The standard InChI is InChI=1S/C67H76N4O7/c1-69-38-56-55-23-18-43(15-16-44-19-24-60(74)48(31-44)32-46-10-7-12-52(72)33-46)9-8-13-54-37-53(73)22-17-45-20-25-61(75)62(34-45)77-41-50-36-51(35-49-39-71(40-57(49)50)65(70-64(56)68)58(55)42-76-54)67-29-30-78-66(27-5-2-6-28-66)63(67)26-21-47-11-3-4-14-59(47)67/h3-4,7,10-12,14,19-20,24-25,31,33-36,39-40,43,53-54,63-64,69-70,72-75H,2,5-6,8-9,13,15-17,21-22,26-30,32,37-38,41-42,68H2,1H3. The Morgan fingerprint density at radius 3 is 2.55 bits per heavy atom. The molecule has 6 aromatic rings. The minimum Gasteiger partial charge on any atom is -0.508 e. The molecule has 1 saturated heterocycles. The van der Waals surface area contributed by atoms with Crippen LogP contribution in [-0.4, -0.2) is 75.8 Å². The molecule has 0 radical (unpaired) electrons. The van der Waals surface area contributed by atoms with Crippen LogP contribution < -0.4 is 21.1 Å². The Morgan fingerprint density at radius 1 is 0.808 bits per heavy atom. The molecule has 11 heteroatoms. The Morgan fingerprint density at radius 2 is 1.68 bits per heavy atom. The van der Waals surface area contributed by atoms with Crippen molar-refractivity contribution < 1.29 is 34.6 Å². The minimum atomic E-state index is -0.622. The van der Waals surface area contributed by atoms with E-state index in [1.165, 1.54) is 36.0 Å². The van der Waals surface area contributed by atoms with Crippen molar-refractivity contribution in [1.82, 2.24) is 15.2 Å². The lowest BCUT2D eigenvalue weighted by Crippen LogP contribution is -2.59. The monoisotopic (exact) mass is 1050 g/mol. The van der Waals surface area contributed by atoms with Gasteiger partial charge in [0, 0.05) is 71.1 Å². The zero-order valence-electron chi connectivity index (χ0n) is 45.2. The number of aryl methyl sites for hydroxylation is 3. The van der Waals surface area contributed by atoms with Gasteiger partial charge in [-0.3, -0.25) is 0 Å². The van der Waals surface area contributed by atoms with Crippen LogP contribution >= 0.6 is 0 Å². The predicted octanol–water partition coefficient (Wildman–Crippen LogP) is 11.0. The highest BCUT2D eigenvalue weighted by molar-refractivity contribution is 5.89. The first-order valence-corrected chi connectivity index (χ1v) is 28.9. The summed E-state index contributed by atoms with van der Waals surface area (Å²) in [7, 11) is 1.94. The number of nitrogens with zero attached hydrogens (tertiary/aromatic N) is 1. The molecule has 1 saturated carbocycles. The second-order valence-corrected chi connectivity index (χ2v) is 23.3. The maximum absolute atomic E-state index is 11.8. The Labute approximate surface area is 459 Å². The zero-order valence-corrected chi connectivity index (χ0v) is 45.2. The van der Waals surface area contributed by atoms with Gasteiger partial charge >= 0.3 is 0 Å². The fourth-order valence-electron chi connectivity index (χ4n) is 14.6. The van der Waals surface area contributed by atoms with Gasteiger partial charge in [-0.1, -0.05) is 91.8 Å². The fraction of sp³-hybridized carbons (Fsp3) is 0.433. The lowest BCUT2D eigenvalue weighted by molar-refractivity contribution is -0.166. The molecular formula is C67H76N4O7. The van der Waals surface area contributed by atoms with Crippen molar-refractivity contribution in [3.8, 4) is 34.8 Å². The molecule has 2 aliphatic carbocycles. The number of aliphatic hydroxyl groups excluding tert-OH is 1. The molecule has 6 atom stereocenters. The number of nitrogens with two attached hydrogens (primary N) is 1. The molecule has 12 rings (SSSR count). The molecule has 78 heavy (non-hydrogen) atoms. The first-order chi connectivity index (χ1) is 38.1. The molecule has 4 aliphatic heterocycles. The number of ether oxygens (including phenoxy) is 3. The van der Waals surface area contributed by atoms with Crippen molar-refractivity contribution in [2.75, 3.05) is 26.8 Å². The number of benzene rings is 5. The van der Waals surface area contributed by atoms with E-state index in [0.29, 0.717) is 50.5 Å². The summed E-state index contributed by atoms with van der Waals surface area (Å²) < 4.78 is 23.1. The maximum atomic E-state index is 11.8. The summed E-state index contributed by atoms with van der Waals surface area (Å²) in [6, 6.07) is 32.7. The predicted molar refractivity (Wildman–Crippen MR) is 306 cm³/mol. The van der Waals surface area contributed by atoms with E-state index in [9.17, 15) is 20.4 Å². The van der Waals surface area contributed by atoms with E-state index in [0.717, 1.165) is 125 Å². The number of phenolic OH excluding ortho intramolecular Hbond substituents is 3. The molecule has 11 nitrogen and oxygen atoms in total. The first-order valence-electron chi connectivity index (χ1n) is 28.9. The number of phenols is 3. The number of rotatable bonds is 8. The number of dihydropyridines is 1. The summed E-state index contributed by atoms with van der Waals surface area (Å²) >= 11 is 0. The van der Waals surface area contributed by atoms with E-state index in [4.69, 9.17) is 19.9 Å². The Balaban J connectivity index is 0.986. The quantitative estimate of drug-likeness (QED) is 0.0730. The number of aliphatic hydroxyl groups is 1. The van der Waals surface area contributed by atoms with Gasteiger partial charge in [0.05, 0.1) is 24.4 Å². The van der Waals surface area contributed by atoms with Crippen LogP contribution in [0.25, 0.3) is 16.6 Å². The van der Waals surface area contributed by atoms with Crippen molar-refractivity contribution in [3.05, 3.63) is 171 Å². The Kier molecular flexibility index (Phi) is 14.9. The van der Waals surface area contributed by atoms with Gasteiger partial charge < -0.3 is 55.6 Å². The molecule has 8 N–H and O–H groups in total. The van der Waals surface area contributed by atoms with Crippen LogP contribution in [0, 0.1) is 23.7 Å². The molecule has 1 spiro atoms. The third-order valence-corrected chi connectivity index (χ3v) is 18.5. The van der Waals surface area contributed by atoms with E-state index >= 15 is 0 Å². The van der Waals surface area contributed by atoms with Crippen LogP contribution in [0.5, 0.6) is 23.0 Å². The largest absolute Gasteiger partial charge is 0.508 e. The summed E-state index contributed by atoms with van der Waals surface area (Å²) in [5.41, 5.74) is 18.6. The summed E-state index contributed by atoms with van der Waals surface area (Å²) in [4.78, 5) is 0. The number of aromatic nitrogens is 1. The number of hydrogen-bond acceptors (Lipinski definition) is 10. The highest BCUT2D eigenvalue weighted by Gasteiger charge is 2.58. The second-order valence-electron chi connectivity index (χ2n) is 23.3. The van der Waals surface area contributed by atoms with Gasteiger partial charge in [0.25, 0.3) is 0 Å². The Bertz CT molecular complexity index is 3320. The number of aromatic hydroxyl groups is 3. The number of hydrogen-bond donors (Lipinski definition) is 7. The third kappa shape index (κ3) is 10.3. The van der Waals surface area contributed by atoms with Crippen LogP contribution in [0.4, 0.5) is 0 Å². The van der Waals surface area contributed by atoms with Crippen molar-refractivity contribution in [3.63, 3.8) is 0 Å². The average molecular weight is 1050 g/mol. The van der Waals surface area contributed by atoms with Gasteiger partial charge in [-0.25, -0.2) is 0 Å². The topological polar surface area (TPSA) is 164 Å². The van der Waals surface area contributed by atoms with E-state index in [1.54, 1.807) is 24.3 Å². The van der Waals surface area contributed by atoms with Gasteiger partial charge in [0.2, 0.25) is 0 Å². The van der Waals surface area contributed by atoms with Crippen molar-refractivity contribution in [2.24, 2.45) is 17.6 Å². The van der Waals surface area contributed by atoms with Crippen molar-refractivity contribution in [1.29, 1.82) is 0 Å². The van der Waals surface area contributed by atoms with Gasteiger partial charge in [-0.15, -0.1) is 0 Å². The lowest BCUT2D eigenvalue weighted by Gasteiger charge is -2.59. The molecule has 2 fully saturated rings. The summed E-state index contributed by atoms with van der Waals surface area (Å²) in [5, 5.41) is 53.5. The van der Waals surface area contributed by atoms with Crippen LogP contribution in [0.1, 0.15) is 128 Å². The van der Waals surface area contributed by atoms with Crippen LogP contribution in [0.15, 0.2) is 126 Å². The molecule has 6 bridgehead atoms. The molecule has 406 valence electrons. The normalized spacial score (nSPS) is 25.2. The Hall–Kier alpha value is -6.52. The highest BCUT2D eigenvalue weighted by Crippen LogP contribution is 2.59. The van der Waals surface area contributed by atoms with Crippen LogP contribution in [-0.2, 0) is 47.2 Å². The van der Waals surface area contributed by atoms with E-state index in [1.807, 2.05) is 37.4 Å². The molecule has 6 unspecified atom stereocenters.